The summed E-state index contributed by atoms with van der Waals surface area (Å²) in [5.41, 5.74) is 0.904. The summed E-state index contributed by atoms with van der Waals surface area (Å²) in [4.78, 5) is 4.16. The Morgan fingerprint density at radius 1 is 1.67 bits per heavy atom. The Bertz CT molecular complexity index is 261. The number of hydrogen-bond acceptors (Lipinski definition) is 2. The number of nitrogens with zero attached hydrogens (tertiary/aromatic N) is 1. The van der Waals surface area contributed by atoms with Gasteiger partial charge >= 0.3 is 0 Å². The number of aromatic nitrogens is 1. The fourth-order valence-electron chi connectivity index (χ4n) is 1.000. The van der Waals surface area contributed by atoms with Crippen LogP contribution >= 0.6 is 0 Å². The van der Waals surface area contributed by atoms with Crippen LogP contribution in [0.5, 0.6) is 0 Å². The first kappa shape index (κ1) is 8.76. The van der Waals surface area contributed by atoms with E-state index in [1.165, 1.54) is 0 Å². The molecule has 0 aliphatic rings. The lowest BCUT2D eigenvalue weighted by molar-refractivity contribution is 0.649. The second kappa shape index (κ2) is 4.53. The van der Waals surface area contributed by atoms with Gasteiger partial charge in [-0.25, -0.2) is 0 Å². The Kier molecular flexibility index (Phi) is 3.31. The number of nitrogens with one attached hydrogen (secondary N) is 1. The van der Waals surface area contributed by atoms with E-state index in [1.807, 2.05) is 25.1 Å². The summed E-state index contributed by atoms with van der Waals surface area (Å²) < 4.78 is 0. The molecular formula is C10H12N2. The van der Waals surface area contributed by atoms with E-state index in [0.717, 1.165) is 12.2 Å². The average molecular weight is 160 g/mol. The maximum Gasteiger partial charge on any atom is 0.111 e. The van der Waals surface area contributed by atoms with Crippen molar-refractivity contribution in [1.29, 1.82) is 0 Å². The molecule has 1 aromatic rings. The maximum absolute atomic E-state index is 5.34. The van der Waals surface area contributed by atoms with Crippen LogP contribution in [0.4, 0.5) is 0 Å². The van der Waals surface area contributed by atoms with Gasteiger partial charge in [0.15, 0.2) is 0 Å². The van der Waals surface area contributed by atoms with Crippen LogP contribution in [0.15, 0.2) is 24.4 Å². The zero-order valence-corrected chi connectivity index (χ0v) is 7.12. The summed E-state index contributed by atoms with van der Waals surface area (Å²) in [5, 5.41) is 3.15. The molecule has 0 fully saturated rings. The molecule has 1 rings (SSSR count). The number of rotatable bonds is 3. The SMILES string of the molecule is C#CC(NCC)c1ccccn1. The molecule has 2 nitrogen and oxygen atoms in total. The molecule has 0 saturated carbocycles. The van der Waals surface area contributed by atoms with E-state index in [2.05, 4.69) is 16.2 Å². The predicted octanol–water partition coefficient (Wildman–Crippen LogP) is 1.37. The van der Waals surface area contributed by atoms with Gasteiger partial charge in [0.2, 0.25) is 0 Å². The smallest absolute Gasteiger partial charge is 0.111 e. The number of terminal acetylenes is 1. The van der Waals surface area contributed by atoms with E-state index in [0.29, 0.717) is 0 Å². The van der Waals surface area contributed by atoms with E-state index in [9.17, 15) is 0 Å². The highest BCUT2D eigenvalue weighted by Gasteiger charge is 2.05. The molecule has 62 valence electrons. The van der Waals surface area contributed by atoms with E-state index in [-0.39, 0.29) is 6.04 Å². The van der Waals surface area contributed by atoms with Gasteiger partial charge in [0.1, 0.15) is 6.04 Å². The van der Waals surface area contributed by atoms with Crippen molar-refractivity contribution in [3.63, 3.8) is 0 Å². The first-order valence-electron chi connectivity index (χ1n) is 3.99. The molecular weight excluding hydrogens is 148 g/mol. The normalized spacial score (nSPS) is 12.0. The molecule has 12 heavy (non-hydrogen) atoms. The molecule has 0 aliphatic carbocycles. The maximum atomic E-state index is 5.34. The Balaban J connectivity index is 2.75. The minimum absolute atomic E-state index is 0.0591. The van der Waals surface area contributed by atoms with Gasteiger partial charge < -0.3 is 0 Å². The minimum Gasteiger partial charge on any atom is -0.299 e. The molecule has 0 saturated heterocycles. The Morgan fingerprint density at radius 2 is 2.50 bits per heavy atom. The molecule has 0 spiro atoms. The molecule has 0 aromatic carbocycles. The molecule has 1 heterocycles. The van der Waals surface area contributed by atoms with Crippen molar-refractivity contribution in [3.8, 4) is 12.3 Å². The molecule has 0 amide bonds. The van der Waals surface area contributed by atoms with Crippen LogP contribution < -0.4 is 5.32 Å². The van der Waals surface area contributed by atoms with E-state index in [4.69, 9.17) is 6.42 Å². The van der Waals surface area contributed by atoms with Crippen molar-refractivity contribution in [2.75, 3.05) is 6.54 Å². The Morgan fingerprint density at radius 3 is 3.00 bits per heavy atom. The summed E-state index contributed by atoms with van der Waals surface area (Å²) in [7, 11) is 0. The van der Waals surface area contributed by atoms with Gasteiger partial charge in [0.05, 0.1) is 5.69 Å². The summed E-state index contributed by atoms with van der Waals surface area (Å²) in [5.74, 6) is 2.65. The minimum atomic E-state index is -0.0591. The van der Waals surface area contributed by atoms with Gasteiger partial charge in [0, 0.05) is 6.20 Å². The van der Waals surface area contributed by atoms with Crippen molar-refractivity contribution < 1.29 is 0 Å². The van der Waals surface area contributed by atoms with Crippen molar-refractivity contribution in [1.82, 2.24) is 10.3 Å². The Labute approximate surface area is 73.0 Å². The summed E-state index contributed by atoms with van der Waals surface area (Å²) in [6, 6.07) is 5.68. The third-order valence-corrected chi connectivity index (χ3v) is 1.56. The van der Waals surface area contributed by atoms with Crippen LogP contribution in [0.2, 0.25) is 0 Å². The molecule has 2 heteroatoms. The van der Waals surface area contributed by atoms with Crippen LogP contribution in [-0.4, -0.2) is 11.5 Å². The van der Waals surface area contributed by atoms with E-state index in [1.54, 1.807) is 6.20 Å². The van der Waals surface area contributed by atoms with Crippen LogP contribution in [-0.2, 0) is 0 Å². The van der Waals surface area contributed by atoms with E-state index >= 15 is 0 Å². The highest BCUT2D eigenvalue weighted by atomic mass is 14.9. The largest absolute Gasteiger partial charge is 0.299 e. The summed E-state index contributed by atoms with van der Waals surface area (Å²) >= 11 is 0. The van der Waals surface area contributed by atoms with E-state index < -0.39 is 0 Å². The fraction of sp³-hybridized carbons (Fsp3) is 0.300. The monoisotopic (exact) mass is 160 g/mol. The third kappa shape index (κ3) is 2.08. The van der Waals surface area contributed by atoms with Gasteiger partial charge in [-0.1, -0.05) is 18.9 Å². The molecule has 1 aromatic heterocycles. The quantitative estimate of drug-likeness (QED) is 0.675. The topological polar surface area (TPSA) is 24.9 Å². The zero-order valence-electron chi connectivity index (χ0n) is 7.12. The molecule has 1 atom stereocenters. The van der Waals surface area contributed by atoms with Gasteiger partial charge in [0.25, 0.3) is 0 Å². The summed E-state index contributed by atoms with van der Waals surface area (Å²) in [6.45, 7) is 2.87. The number of pyridine rings is 1. The van der Waals surface area contributed by atoms with Gasteiger partial charge in [-0.15, -0.1) is 6.42 Å². The zero-order chi connectivity index (χ0) is 8.81. The average Bonchev–Trinajstić information content (AvgIpc) is 2.15. The van der Waals surface area contributed by atoms with Crippen molar-refractivity contribution in [2.45, 2.75) is 13.0 Å². The van der Waals surface area contributed by atoms with Crippen molar-refractivity contribution in [3.05, 3.63) is 30.1 Å². The van der Waals surface area contributed by atoms with Crippen LogP contribution in [0, 0.1) is 12.3 Å². The molecule has 1 unspecified atom stereocenters. The first-order valence-corrected chi connectivity index (χ1v) is 3.99. The molecule has 0 radical (unpaired) electrons. The molecule has 1 N–H and O–H groups in total. The second-order valence-corrected chi connectivity index (χ2v) is 2.41. The highest BCUT2D eigenvalue weighted by molar-refractivity contribution is 5.17. The molecule has 0 bridgehead atoms. The lowest BCUT2D eigenvalue weighted by Crippen LogP contribution is -2.19. The van der Waals surface area contributed by atoms with Gasteiger partial charge in [-0.2, -0.15) is 0 Å². The van der Waals surface area contributed by atoms with Crippen LogP contribution in [0.3, 0.4) is 0 Å². The lowest BCUT2D eigenvalue weighted by Gasteiger charge is -2.09. The number of hydrogen-bond donors (Lipinski definition) is 1. The lowest BCUT2D eigenvalue weighted by atomic mass is 10.2. The summed E-state index contributed by atoms with van der Waals surface area (Å²) in [6.07, 6.45) is 7.09. The third-order valence-electron chi connectivity index (χ3n) is 1.56. The van der Waals surface area contributed by atoms with Crippen molar-refractivity contribution >= 4 is 0 Å². The standard InChI is InChI=1S/C10H12N2/c1-3-9(11-4-2)10-7-5-6-8-12-10/h1,5-9,11H,4H2,2H3. The highest BCUT2D eigenvalue weighted by Crippen LogP contribution is 2.06. The van der Waals surface area contributed by atoms with Crippen LogP contribution in [0.25, 0.3) is 0 Å². The fourth-order valence-corrected chi connectivity index (χ4v) is 1.000. The van der Waals surface area contributed by atoms with Crippen molar-refractivity contribution in [2.24, 2.45) is 0 Å². The second-order valence-electron chi connectivity index (χ2n) is 2.41. The van der Waals surface area contributed by atoms with Gasteiger partial charge in [-0.05, 0) is 18.7 Å². The van der Waals surface area contributed by atoms with Gasteiger partial charge in [-0.3, -0.25) is 10.3 Å². The first-order chi connectivity index (χ1) is 5.88. The Hall–Kier alpha value is -1.33. The predicted molar refractivity (Wildman–Crippen MR) is 49.5 cm³/mol. The van der Waals surface area contributed by atoms with Crippen LogP contribution in [0.1, 0.15) is 18.7 Å². The molecule has 0 aliphatic heterocycles.